The molecule has 1 unspecified atom stereocenters. The average molecular weight is 351 g/mol. The number of carboxylic acid groups (broad SMARTS) is 1. The van der Waals surface area contributed by atoms with Crippen LogP contribution in [-0.4, -0.2) is 32.8 Å². The van der Waals surface area contributed by atoms with Gasteiger partial charge in [-0.05, 0) is 29.8 Å². The lowest BCUT2D eigenvalue weighted by Gasteiger charge is -2.11. The number of hydrogen-bond acceptors (Lipinski definition) is 4. The van der Waals surface area contributed by atoms with E-state index >= 15 is 0 Å². The summed E-state index contributed by atoms with van der Waals surface area (Å²) < 4.78 is 1.02. The molecule has 7 heteroatoms. The first kappa shape index (κ1) is 17.3. The topological polar surface area (TPSA) is 101 Å². The van der Waals surface area contributed by atoms with Crippen LogP contribution in [0.5, 0.6) is 0 Å². The molecule has 2 aromatic carbocycles. The molecule has 132 valence electrons. The lowest BCUT2D eigenvalue weighted by Crippen LogP contribution is -2.41. The highest BCUT2D eigenvalue weighted by Crippen LogP contribution is 2.22. The van der Waals surface area contributed by atoms with Crippen molar-refractivity contribution in [3.8, 4) is 11.3 Å². The molecule has 3 rings (SSSR count). The van der Waals surface area contributed by atoms with Gasteiger partial charge in [0.1, 0.15) is 12.6 Å². The van der Waals surface area contributed by atoms with E-state index in [0.717, 1.165) is 21.0 Å². The fraction of sp³-hybridized carbons (Fsp3) is 0.158. The number of hydrogen-bond donors (Lipinski definition) is 2. The fourth-order valence-corrected chi connectivity index (χ4v) is 2.55. The van der Waals surface area contributed by atoms with Gasteiger partial charge < -0.3 is 10.4 Å². The summed E-state index contributed by atoms with van der Waals surface area (Å²) in [6, 6.07) is 15.6. The number of fused-ring (bicyclic) bond motifs is 1. The van der Waals surface area contributed by atoms with Gasteiger partial charge in [-0.2, -0.15) is 5.10 Å². The minimum Gasteiger partial charge on any atom is -0.480 e. The molecule has 0 saturated heterocycles. The van der Waals surface area contributed by atoms with Crippen LogP contribution in [0.15, 0.2) is 59.4 Å². The highest BCUT2D eigenvalue weighted by atomic mass is 16.4. The monoisotopic (exact) mass is 351 g/mol. The van der Waals surface area contributed by atoms with Crippen molar-refractivity contribution in [2.24, 2.45) is 0 Å². The van der Waals surface area contributed by atoms with E-state index in [9.17, 15) is 14.4 Å². The summed E-state index contributed by atoms with van der Waals surface area (Å²) in [6.07, 6.45) is 0. The van der Waals surface area contributed by atoms with Crippen molar-refractivity contribution in [3.63, 3.8) is 0 Å². The van der Waals surface area contributed by atoms with Crippen LogP contribution >= 0.6 is 0 Å². The van der Waals surface area contributed by atoms with E-state index in [-0.39, 0.29) is 6.54 Å². The van der Waals surface area contributed by atoms with Gasteiger partial charge in [-0.15, -0.1) is 0 Å². The van der Waals surface area contributed by atoms with Crippen LogP contribution < -0.4 is 10.9 Å². The van der Waals surface area contributed by atoms with Gasteiger partial charge in [-0.1, -0.05) is 36.4 Å². The molecule has 1 amide bonds. The van der Waals surface area contributed by atoms with E-state index < -0.39 is 23.5 Å². The van der Waals surface area contributed by atoms with Crippen molar-refractivity contribution >= 4 is 22.6 Å². The van der Waals surface area contributed by atoms with Crippen molar-refractivity contribution in [2.45, 2.75) is 19.5 Å². The van der Waals surface area contributed by atoms with E-state index in [0.29, 0.717) is 5.69 Å². The second-order valence-corrected chi connectivity index (χ2v) is 5.90. The molecule has 3 aromatic rings. The van der Waals surface area contributed by atoms with E-state index in [1.807, 2.05) is 42.5 Å². The van der Waals surface area contributed by atoms with Crippen molar-refractivity contribution in [1.82, 2.24) is 15.1 Å². The highest BCUT2D eigenvalue weighted by Gasteiger charge is 2.15. The van der Waals surface area contributed by atoms with Crippen molar-refractivity contribution in [3.05, 3.63) is 65.0 Å². The molecule has 7 nitrogen and oxygen atoms in total. The second kappa shape index (κ2) is 7.18. The van der Waals surface area contributed by atoms with E-state index in [1.165, 1.54) is 13.0 Å². The lowest BCUT2D eigenvalue weighted by molar-refractivity contribution is -0.141. The Labute approximate surface area is 148 Å². The van der Waals surface area contributed by atoms with Gasteiger partial charge in [0.15, 0.2) is 0 Å². The number of benzene rings is 2. The molecule has 26 heavy (non-hydrogen) atoms. The SMILES string of the molecule is CC(NC(=O)Cn1nc(-c2ccc3ccccc3c2)ccc1=O)C(=O)O. The van der Waals surface area contributed by atoms with E-state index in [1.54, 1.807) is 6.07 Å². The standard InChI is InChI=1S/C19H17N3O4/c1-12(19(25)26)20-17(23)11-22-18(24)9-8-16(21-22)15-7-6-13-4-2-3-5-14(13)10-15/h2-10,12H,11H2,1H3,(H,20,23)(H,25,26). The molecular formula is C19H17N3O4. The maximum atomic E-state index is 12.0. The Balaban J connectivity index is 1.88. The van der Waals surface area contributed by atoms with Gasteiger partial charge in [0, 0.05) is 11.6 Å². The third kappa shape index (κ3) is 3.77. The van der Waals surface area contributed by atoms with E-state index in [4.69, 9.17) is 5.11 Å². The summed E-state index contributed by atoms with van der Waals surface area (Å²) in [4.78, 5) is 34.7. The zero-order valence-corrected chi connectivity index (χ0v) is 14.0. The Kier molecular flexibility index (Phi) is 4.79. The molecule has 1 atom stereocenters. The molecule has 0 radical (unpaired) electrons. The molecule has 0 aliphatic heterocycles. The van der Waals surface area contributed by atoms with Gasteiger partial charge in [0.2, 0.25) is 5.91 Å². The van der Waals surface area contributed by atoms with Crippen LogP contribution in [0, 0.1) is 0 Å². The number of rotatable bonds is 5. The molecular weight excluding hydrogens is 334 g/mol. The minimum absolute atomic E-state index is 0.349. The number of carbonyl (C=O) groups is 2. The van der Waals surface area contributed by atoms with Crippen molar-refractivity contribution in [1.29, 1.82) is 0 Å². The third-order valence-electron chi connectivity index (χ3n) is 3.95. The van der Waals surface area contributed by atoms with Crippen LogP contribution in [-0.2, 0) is 16.1 Å². The third-order valence-corrected chi connectivity index (χ3v) is 3.95. The van der Waals surface area contributed by atoms with Crippen LogP contribution in [0.1, 0.15) is 6.92 Å². The molecule has 2 N–H and O–H groups in total. The van der Waals surface area contributed by atoms with Gasteiger partial charge in [0.25, 0.3) is 5.56 Å². The zero-order chi connectivity index (χ0) is 18.7. The summed E-state index contributed by atoms with van der Waals surface area (Å²) in [5.41, 5.74) is 0.930. The summed E-state index contributed by atoms with van der Waals surface area (Å²) in [7, 11) is 0. The van der Waals surface area contributed by atoms with Crippen LogP contribution in [0.4, 0.5) is 0 Å². The average Bonchev–Trinajstić information content (AvgIpc) is 2.63. The van der Waals surface area contributed by atoms with Gasteiger partial charge in [-0.25, -0.2) is 4.68 Å². The largest absolute Gasteiger partial charge is 0.480 e. The smallest absolute Gasteiger partial charge is 0.325 e. The van der Waals surface area contributed by atoms with Crippen molar-refractivity contribution < 1.29 is 14.7 Å². The Bertz CT molecular complexity index is 1040. The Morgan fingerprint density at radius 3 is 2.58 bits per heavy atom. The van der Waals surface area contributed by atoms with Crippen LogP contribution in [0.3, 0.4) is 0 Å². The summed E-state index contributed by atoms with van der Waals surface area (Å²) in [5, 5.41) is 17.5. The molecule has 0 fully saturated rings. The first-order chi connectivity index (χ1) is 12.4. The Morgan fingerprint density at radius 1 is 1.12 bits per heavy atom. The molecule has 0 aliphatic carbocycles. The lowest BCUT2D eigenvalue weighted by atomic mass is 10.1. The fourth-order valence-electron chi connectivity index (χ4n) is 2.55. The number of carbonyl (C=O) groups excluding carboxylic acids is 1. The maximum absolute atomic E-state index is 12.0. The summed E-state index contributed by atoms with van der Waals surface area (Å²) in [5.74, 6) is -1.74. The number of nitrogens with one attached hydrogen (secondary N) is 1. The molecule has 0 aliphatic rings. The van der Waals surface area contributed by atoms with E-state index in [2.05, 4.69) is 10.4 Å². The summed E-state index contributed by atoms with van der Waals surface area (Å²) >= 11 is 0. The van der Waals surface area contributed by atoms with Crippen LogP contribution in [0.2, 0.25) is 0 Å². The first-order valence-electron chi connectivity index (χ1n) is 8.03. The molecule has 0 spiro atoms. The summed E-state index contributed by atoms with van der Waals surface area (Å²) in [6.45, 7) is 1.000. The highest BCUT2D eigenvalue weighted by molar-refractivity contribution is 5.86. The minimum atomic E-state index is -1.15. The quantitative estimate of drug-likeness (QED) is 0.728. The Hall–Kier alpha value is -3.48. The van der Waals surface area contributed by atoms with Gasteiger partial charge in [0.05, 0.1) is 5.69 Å². The second-order valence-electron chi connectivity index (χ2n) is 5.90. The van der Waals surface area contributed by atoms with Crippen molar-refractivity contribution in [2.75, 3.05) is 0 Å². The molecule has 0 bridgehead atoms. The van der Waals surface area contributed by atoms with Gasteiger partial charge >= 0.3 is 5.97 Å². The number of nitrogens with zero attached hydrogens (tertiary/aromatic N) is 2. The number of aromatic nitrogens is 2. The maximum Gasteiger partial charge on any atom is 0.325 e. The zero-order valence-electron chi connectivity index (χ0n) is 14.0. The number of amides is 1. The van der Waals surface area contributed by atoms with Crippen LogP contribution in [0.25, 0.3) is 22.0 Å². The molecule has 1 heterocycles. The molecule has 1 aromatic heterocycles. The first-order valence-corrected chi connectivity index (χ1v) is 8.03. The predicted molar refractivity (Wildman–Crippen MR) is 96.7 cm³/mol. The molecule has 0 saturated carbocycles. The number of aliphatic carboxylic acids is 1. The predicted octanol–water partition coefficient (Wildman–Crippen LogP) is 1.65. The normalized spacial score (nSPS) is 11.9. The van der Waals surface area contributed by atoms with Gasteiger partial charge in [-0.3, -0.25) is 14.4 Å². The Morgan fingerprint density at radius 2 is 1.85 bits per heavy atom. The number of carboxylic acids is 1.